The Kier molecular flexibility index (Phi) is 5.86. The van der Waals surface area contributed by atoms with Crippen molar-refractivity contribution >= 4 is 5.91 Å². The normalized spacial score (nSPS) is 10.2. The predicted molar refractivity (Wildman–Crippen MR) is 88.1 cm³/mol. The standard InChI is InChI=1S/C18H21NO4/c1-22-15-6-3-13(4-7-15)12-18(21)19-10-9-14-5-8-17(23-2)16(20)11-14/h3-8,11,20H,9-10,12H2,1-2H3,(H,19,21). The van der Waals surface area contributed by atoms with Gasteiger partial charge >= 0.3 is 0 Å². The summed E-state index contributed by atoms with van der Waals surface area (Å²) in [4.78, 5) is 11.9. The number of methoxy groups -OCH3 is 2. The molecule has 0 atom stereocenters. The monoisotopic (exact) mass is 315 g/mol. The van der Waals surface area contributed by atoms with E-state index in [1.807, 2.05) is 30.3 Å². The lowest BCUT2D eigenvalue weighted by Crippen LogP contribution is -2.27. The maximum Gasteiger partial charge on any atom is 0.224 e. The Hall–Kier alpha value is -2.69. The van der Waals surface area contributed by atoms with Crippen molar-refractivity contribution in [2.75, 3.05) is 20.8 Å². The molecule has 2 rings (SSSR count). The van der Waals surface area contributed by atoms with Gasteiger partial charge in [-0.05, 0) is 41.8 Å². The van der Waals surface area contributed by atoms with Crippen molar-refractivity contribution in [3.63, 3.8) is 0 Å². The van der Waals surface area contributed by atoms with Gasteiger partial charge in [-0.15, -0.1) is 0 Å². The van der Waals surface area contributed by atoms with Gasteiger partial charge in [0.2, 0.25) is 5.91 Å². The van der Waals surface area contributed by atoms with Crippen LogP contribution in [0.1, 0.15) is 11.1 Å². The molecule has 5 nitrogen and oxygen atoms in total. The fraction of sp³-hybridized carbons (Fsp3) is 0.278. The zero-order valence-electron chi connectivity index (χ0n) is 13.3. The van der Waals surface area contributed by atoms with Gasteiger partial charge in [-0.2, -0.15) is 0 Å². The lowest BCUT2D eigenvalue weighted by Gasteiger charge is -2.08. The van der Waals surface area contributed by atoms with E-state index in [-0.39, 0.29) is 11.7 Å². The van der Waals surface area contributed by atoms with Crippen LogP contribution in [-0.2, 0) is 17.6 Å². The zero-order valence-corrected chi connectivity index (χ0v) is 13.3. The van der Waals surface area contributed by atoms with Gasteiger partial charge in [-0.1, -0.05) is 18.2 Å². The molecule has 0 aliphatic carbocycles. The van der Waals surface area contributed by atoms with E-state index < -0.39 is 0 Å². The average Bonchev–Trinajstić information content (AvgIpc) is 2.56. The van der Waals surface area contributed by atoms with E-state index in [1.165, 1.54) is 7.11 Å². The highest BCUT2D eigenvalue weighted by Crippen LogP contribution is 2.26. The summed E-state index contributed by atoms with van der Waals surface area (Å²) in [5, 5.41) is 12.6. The van der Waals surface area contributed by atoms with Crippen LogP contribution >= 0.6 is 0 Å². The lowest BCUT2D eigenvalue weighted by molar-refractivity contribution is -0.120. The molecule has 2 aromatic carbocycles. The van der Waals surface area contributed by atoms with Crippen LogP contribution in [0.3, 0.4) is 0 Å². The Bertz CT molecular complexity index is 653. The number of ether oxygens (including phenoxy) is 2. The van der Waals surface area contributed by atoms with Gasteiger partial charge < -0.3 is 19.9 Å². The fourth-order valence-electron chi connectivity index (χ4n) is 2.23. The number of benzene rings is 2. The summed E-state index contributed by atoms with van der Waals surface area (Å²) in [6.07, 6.45) is 0.976. The molecule has 5 heteroatoms. The van der Waals surface area contributed by atoms with Crippen LogP contribution in [0.15, 0.2) is 42.5 Å². The molecule has 0 aliphatic rings. The number of carbonyl (C=O) groups is 1. The number of phenols is 1. The van der Waals surface area contributed by atoms with Crippen LogP contribution in [0.5, 0.6) is 17.2 Å². The van der Waals surface area contributed by atoms with Gasteiger partial charge in [-0.25, -0.2) is 0 Å². The second-order valence-electron chi connectivity index (χ2n) is 5.13. The van der Waals surface area contributed by atoms with Crippen molar-refractivity contribution in [2.24, 2.45) is 0 Å². The fourth-order valence-corrected chi connectivity index (χ4v) is 2.23. The minimum Gasteiger partial charge on any atom is -0.504 e. The molecular formula is C18H21NO4. The van der Waals surface area contributed by atoms with Gasteiger partial charge in [0.25, 0.3) is 0 Å². The maximum atomic E-state index is 11.9. The van der Waals surface area contributed by atoms with E-state index in [4.69, 9.17) is 9.47 Å². The Labute approximate surface area is 135 Å². The number of nitrogens with one attached hydrogen (secondary N) is 1. The molecule has 23 heavy (non-hydrogen) atoms. The highest BCUT2D eigenvalue weighted by molar-refractivity contribution is 5.78. The highest BCUT2D eigenvalue weighted by atomic mass is 16.5. The molecule has 2 aromatic rings. The molecule has 122 valence electrons. The summed E-state index contributed by atoms with van der Waals surface area (Å²) in [5.41, 5.74) is 1.87. The molecule has 0 saturated carbocycles. The molecule has 0 aliphatic heterocycles. The maximum absolute atomic E-state index is 11.9. The molecule has 0 heterocycles. The molecule has 0 spiro atoms. The van der Waals surface area contributed by atoms with Gasteiger partial charge in [0.05, 0.1) is 20.6 Å². The van der Waals surface area contributed by atoms with Gasteiger partial charge in [-0.3, -0.25) is 4.79 Å². The van der Waals surface area contributed by atoms with E-state index in [1.54, 1.807) is 19.2 Å². The first-order valence-corrected chi connectivity index (χ1v) is 7.38. The number of carbonyl (C=O) groups excluding carboxylic acids is 1. The first kappa shape index (κ1) is 16.7. The lowest BCUT2D eigenvalue weighted by atomic mass is 10.1. The summed E-state index contributed by atoms with van der Waals surface area (Å²) >= 11 is 0. The number of amides is 1. The van der Waals surface area contributed by atoms with Crippen LogP contribution in [0.4, 0.5) is 0 Å². The minimum absolute atomic E-state index is 0.0344. The summed E-state index contributed by atoms with van der Waals surface area (Å²) in [5.74, 6) is 1.29. The van der Waals surface area contributed by atoms with Gasteiger partial charge in [0, 0.05) is 6.54 Å². The first-order chi connectivity index (χ1) is 11.1. The third-order valence-electron chi connectivity index (χ3n) is 3.50. The second kappa shape index (κ2) is 8.08. The van der Waals surface area contributed by atoms with Gasteiger partial charge in [0.15, 0.2) is 11.5 Å². The predicted octanol–water partition coefficient (Wildman–Crippen LogP) is 2.31. The number of aromatic hydroxyl groups is 1. The van der Waals surface area contributed by atoms with Crippen LogP contribution in [0, 0.1) is 0 Å². The largest absolute Gasteiger partial charge is 0.504 e. The van der Waals surface area contributed by atoms with Crippen LogP contribution < -0.4 is 14.8 Å². The molecule has 0 unspecified atom stereocenters. The number of phenolic OH excluding ortho intramolecular Hbond substituents is 1. The Morgan fingerprint density at radius 3 is 2.35 bits per heavy atom. The number of hydrogen-bond acceptors (Lipinski definition) is 4. The minimum atomic E-state index is -0.0344. The van der Waals surface area contributed by atoms with E-state index >= 15 is 0 Å². The summed E-state index contributed by atoms with van der Waals surface area (Å²) in [6.45, 7) is 0.515. The van der Waals surface area contributed by atoms with Crippen LogP contribution in [0.2, 0.25) is 0 Å². The Morgan fingerprint density at radius 2 is 1.74 bits per heavy atom. The summed E-state index contributed by atoms with van der Waals surface area (Å²) in [6, 6.07) is 12.7. The Morgan fingerprint density at radius 1 is 1.04 bits per heavy atom. The topological polar surface area (TPSA) is 67.8 Å². The highest BCUT2D eigenvalue weighted by Gasteiger charge is 2.05. The van der Waals surface area contributed by atoms with E-state index in [0.717, 1.165) is 16.9 Å². The van der Waals surface area contributed by atoms with Gasteiger partial charge in [0.1, 0.15) is 5.75 Å². The van der Waals surface area contributed by atoms with E-state index in [0.29, 0.717) is 25.1 Å². The molecular weight excluding hydrogens is 294 g/mol. The van der Waals surface area contributed by atoms with E-state index in [9.17, 15) is 9.90 Å². The summed E-state index contributed by atoms with van der Waals surface area (Å²) in [7, 11) is 3.12. The van der Waals surface area contributed by atoms with E-state index in [2.05, 4.69) is 5.32 Å². The third-order valence-corrected chi connectivity index (χ3v) is 3.50. The zero-order chi connectivity index (χ0) is 16.7. The third kappa shape index (κ3) is 4.92. The Balaban J connectivity index is 1.79. The molecule has 0 fully saturated rings. The average molecular weight is 315 g/mol. The van der Waals surface area contributed by atoms with Crippen molar-refractivity contribution < 1.29 is 19.4 Å². The number of hydrogen-bond donors (Lipinski definition) is 2. The quantitative estimate of drug-likeness (QED) is 0.823. The SMILES string of the molecule is COc1ccc(CC(=O)NCCc2ccc(OC)c(O)c2)cc1. The molecule has 0 bridgehead atoms. The smallest absolute Gasteiger partial charge is 0.224 e. The van der Waals surface area contributed by atoms with Crippen molar-refractivity contribution in [1.29, 1.82) is 0 Å². The second-order valence-corrected chi connectivity index (χ2v) is 5.13. The van der Waals surface area contributed by atoms with Crippen molar-refractivity contribution in [2.45, 2.75) is 12.8 Å². The van der Waals surface area contributed by atoms with Crippen molar-refractivity contribution in [3.8, 4) is 17.2 Å². The van der Waals surface area contributed by atoms with Crippen LogP contribution in [0.25, 0.3) is 0 Å². The first-order valence-electron chi connectivity index (χ1n) is 7.38. The molecule has 1 amide bonds. The molecule has 0 aromatic heterocycles. The molecule has 2 N–H and O–H groups in total. The van der Waals surface area contributed by atoms with Crippen molar-refractivity contribution in [3.05, 3.63) is 53.6 Å². The molecule has 0 saturated heterocycles. The summed E-state index contributed by atoms with van der Waals surface area (Å²) < 4.78 is 10.1. The van der Waals surface area contributed by atoms with Crippen molar-refractivity contribution in [1.82, 2.24) is 5.32 Å². The van der Waals surface area contributed by atoms with Crippen LogP contribution in [-0.4, -0.2) is 31.8 Å². The molecule has 0 radical (unpaired) electrons. The number of rotatable bonds is 7.